The van der Waals surface area contributed by atoms with Crippen molar-refractivity contribution < 1.29 is 9.90 Å². The average Bonchev–Trinajstić information content (AvgIpc) is 2.76. The Morgan fingerprint density at radius 3 is 3.05 bits per heavy atom. The van der Waals surface area contributed by atoms with Crippen LogP contribution in [0.15, 0.2) is 47.8 Å². The van der Waals surface area contributed by atoms with Gasteiger partial charge in [0.2, 0.25) is 0 Å². The number of likely N-dealkylation sites (N-methyl/N-ethyl adjacent to an activating group) is 1. The lowest BCUT2D eigenvalue weighted by atomic mass is 9.96. The van der Waals surface area contributed by atoms with Gasteiger partial charge < -0.3 is 10.5 Å². The van der Waals surface area contributed by atoms with Crippen molar-refractivity contribution in [2.75, 3.05) is 7.05 Å². The predicted octanol–water partition coefficient (Wildman–Crippen LogP) is 1.37. The number of pyridine rings is 1. The summed E-state index contributed by atoms with van der Waals surface area (Å²) in [4.78, 5) is 19.6. The van der Waals surface area contributed by atoms with E-state index in [1.807, 2.05) is 24.2 Å². The van der Waals surface area contributed by atoms with Crippen LogP contribution in [0.1, 0.15) is 10.4 Å². The molecule has 1 aliphatic carbocycles. The highest BCUT2D eigenvalue weighted by molar-refractivity contribution is 5.97. The zero-order valence-electron chi connectivity index (χ0n) is 10.9. The Labute approximate surface area is 116 Å². The Balaban J connectivity index is 1.99. The first-order valence-electron chi connectivity index (χ1n) is 6.27. The van der Waals surface area contributed by atoms with E-state index < -0.39 is 5.97 Å². The molecule has 1 aromatic rings. The number of fused-ring (bicyclic) bond motifs is 1. The van der Waals surface area contributed by atoms with Crippen LogP contribution in [0.2, 0.25) is 0 Å². The number of hydrogen-bond acceptors (Lipinski definition) is 4. The van der Waals surface area contributed by atoms with E-state index in [-0.39, 0.29) is 17.5 Å². The molecule has 6 nitrogen and oxygen atoms in total. The van der Waals surface area contributed by atoms with Gasteiger partial charge >= 0.3 is 5.97 Å². The first kappa shape index (κ1) is 12.6. The van der Waals surface area contributed by atoms with Gasteiger partial charge in [-0.2, -0.15) is 0 Å². The molecule has 0 aromatic carbocycles. The van der Waals surface area contributed by atoms with Crippen LogP contribution in [0.4, 0.5) is 5.69 Å². The molecule has 2 N–H and O–H groups in total. The third-order valence-corrected chi connectivity index (χ3v) is 3.43. The highest BCUT2D eigenvalue weighted by Crippen LogP contribution is 2.26. The third-order valence-electron chi connectivity index (χ3n) is 3.43. The molecule has 1 aliphatic heterocycles. The average molecular weight is 270 g/mol. The molecule has 0 saturated carbocycles. The number of nitrogens with one attached hydrogen (secondary N) is 1. The second-order valence-electron chi connectivity index (χ2n) is 4.70. The molecule has 0 spiro atoms. The number of allylic oxidation sites excluding steroid dienone is 2. The van der Waals surface area contributed by atoms with Crippen LogP contribution < -0.4 is 5.43 Å². The molecule has 2 aliphatic rings. The Morgan fingerprint density at radius 1 is 1.45 bits per heavy atom. The van der Waals surface area contributed by atoms with Gasteiger partial charge in [-0.3, -0.25) is 4.98 Å². The first-order chi connectivity index (χ1) is 9.66. The first-order valence-corrected chi connectivity index (χ1v) is 6.27. The second-order valence-corrected chi connectivity index (χ2v) is 4.70. The lowest BCUT2D eigenvalue weighted by molar-refractivity contribution is 0.0697. The van der Waals surface area contributed by atoms with Crippen molar-refractivity contribution in [3.05, 3.63) is 48.3 Å². The van der Waals surface area contributed by atoms with E-state index in [0.29, 0.717) is 5.69 Å². The molecule has 6 heteroatoms. The van der Waals surface area contributed by atoms with Gasteiger partial charge in [-0.25, -0.2) is 14.8 Å². The minimum Gasteiger partial charge on any atom is -0.478 e. The Bertz CT molecular complexity index is 636. The molecule has 1 saturated heterocycles. The highest BCUT2D eigenvalue weighted by atomic mass is 16.4. The van der Waals surface area contributed by atoms with Crippen LogP contribution in [0.25, 0.3) is 0 Å². The summed E-state index contributed by atoms with van der Waals surface area (Å²) in [6.07, 6.45) is 11.0. The minimum absolute atomic E-state index is 0.104. The molecule has 2 heterocycles. The van der Waals surface area contributed by atoms with E-state index in [1.165, 1.54) is 18.5 Å². The maximum atomic E-state index is 11.2. The fraction of sp³-hybridized carbons (Fsp3) is 0.214. The number of carboxylic acid groups (broad SMARTS) is 1. The molecular weight excluding hydrogens is 256 g/mol. The van der Waals surface area contributed by atoms with Gasteiger partial charge in [-0.05, 0) is 6.07 Å². The lowest BCUT2D eigenvalue weighted by Crippen LogP contribution is -2.33. The van der Waals surface area contributed by atoms with Crippen molar-refractivity contribution in [1.82, 2.24) is 15.4 Å². The number of aromatic nitrogens is 1. The molecule has 1 aromatic heterocycles. The van der Waals surface area contributed by atoms with Gasteiger partial charge in [0.25, 0.3) is 0 Å². The van der Waals surface area contributed by atoms with Crippen LogP contribution in [0, 0.1) is 5.92 Å². The number of hydrazine groups is 1. The number of nitrogens with zero attached hydrogens (tertiary/aromatic N) is 3. The smallest absolute Gasteiger partial charge is 0.338 e. The number of rotatable bonds is 2. The molecule has 0 amide bonds. The Morgan fingerprint density at radius 2 is 2.25 bits per heavy atom. The SMILES string of the molecule is CN1NC(=Nc2cnccc2C(=O)O)C2C=CC=CC21. The molecule has 1 fully saturated rings. The molecular formula is C14H14N4O2. The zero-order chi connectivity index (χ0) is 14.1. The van der Waals surface area contributed by atoms with E-state index >= 15 is 0 Å². The van der Waals surface area contributed by atoms with Gasteiger partial charge in [0, 0.05) is 13.2 Å². The fourth-order valence-corrected chi connectivity index (χ4v) is 2.43. The summed E-state index contributed by atoms with van der Waals surface area (Å²) in [5.41, 5.74) is 3.68. The van der Waals surface area contributed by atoms with E-state index in [4.69, 9.17) is 0 Å². The van der Waals surface area contributed by atoms with Gasteiger partial charge in [0.1, 0.15) is 5.84 Å². The number of carboxylic acids is 1. The van der Waals surface area contributed by atoms with E-state index in [9.17, 15) is 9.90 Å². The van der Waals surface area contributed by atoms with Crippen LogP contribution in [-0.2, 0) is 0 Å². The van der Waals surface area contributed by atoms with E-state index in [0.717, 1.165) is 5.84 Å². The molecule has 3 rings (SSSR count). The van der Waals surface area contributed by atoms with Gasteiger partial charge in [0.05, 0.1) is 29.4 Å². The van der Waals surface area contributed by atoms with Crippen LogP contribution >= 0.6 is 0 Å². The molecule has 102 valence electrons. The van der Waals surface area contributed by atoms with Crippen LogP contribution in [-0.4, -0.2) is 40.0 Å². The fourth-order valence-electron chi connectivity index (χ4n) is 2.43. The summed E-state index contributed by atoms with van der Waals surface area (Å²) in [6, 6.07) is 1.65. The highest BCUT2D eigenvalue weighted by Gasteiger charge is 2.34. The largest absolute Gasteiger partial charge is 0.478 e. The second kappa shape index (κ2) is 4.90. The van der Waals surface area contributed by atoms with Crippen molar-refractivity contribution in [3.63, 3.8) is 0 Å². The van der Waals surface area contributed by atoms with Crippen molar-refractivity contribution in [1.29, 1.82) is 0 Å². The standard InChI is InChI=1S/C14H14N4O2/c1-18-12-5-3-2-4-10(12)13(17-18)16-11-8-15-7-6-9(11)14(19)20/h2-8,10,12H,1H3,(H,16,17)(H,19,20). The zero-order valence-corrected chi connectivity index (χ0v) is 10.9. The normalized spacial score (nSPS) is 26.6. The molecule has 0 bridgehead atoms. The summed E-state index contributed by atoms with van der Waals surface area (Å²) < 4.78 is 0. The molecule has 20 heavy (non-hydrogen) atoms. The lowest BCUT2D eigenvalue weighted by Gasteiger charge is -2.18. The summed E-state index contributed by atoms with van der Waals surface area (Å²) in [5.74, 6) is -0.172. The number of aliphatic imine (C=N–C) groups is 1. The minimum atomic E-state index is -1.01. The Kier molecular flexibility index (Phi) is 3.08. The monoisotopic (exact) mass is 270 g/mol. The number of hydrogen-bond donors (Lipinski definition) is 2. The van der Waals surface area contributed by atoms with Crippen molar-refractivity contribution in [2.24, 2.45) is 10.9 Å². The molecule has 0 radical (unpaired) electrons. The van der Waals surface area contributed by atoms with Gasteiger partial charge in [-0.1, -0.05) is 24.3 Å². The van der Waals surface area contributed by atoms with Crippen molar-refractivity contribution in [2.45, 2.75) is 6.04 Å². The summed E-state index contributed by atoms with van der Waals surface area (Å²) in [5, 5.41) is 11.1. The maximum Gasteiger partial charge on any atom is 0.338 e. The number of carbonyl (C=O) groups is 1. The molecule has 2 unspecified atom stereocenters. The quantitative estimate of drug-likeness (QED) is 0.848. The summed E-state index contributed by atoms with van der Waals surface area (Å²) in [6.45, 7) is 0. The summed E-state index contributed by atoms with van der Waals surface area (Å²) in [7, 11) is 1.94. The summed E-state index contributed by atoms with van der Waals surface area (Å²) >= 11 is 0. The maximum absolute atomic E-state index is 11.2. The van der Waals surface area contributed by atoms with E-state index in [2.05, 4.69) is 27.6 Å². The molecule has 2 atom stereocenters. The topological polar surface area (TPSA) is 77.8 Å². The van der Waals surface area contributed by atoms with E-state index in [1.54, 1.807) is 0 Å². The van der Waals surface area contributed by atoms with Gasteiger partial charge in [0.15, 0.2) is 0 Å². The number of amidine groups is 1. The number of aromatic carboxylic acids is 1. The van der Waals surface area contributed by atoms with Gasteiger partial charge in [-0.15, -0.1) is 0 Å². The van der Waals surface area contributed by atoms with Crippen LogP contribution in [0.3, 0.4) is 0 Å². The van der Waals surface area contributed by atoms with Crippen molar-refractivity contribution >= 4 is 17.5 Å². The van der Waals surface area contributed by atoms with Crippen LogP contribution in [0.5, 0.6) is 0 Å². The predicted molar refractivity (Wildman–Crippen MR) is 74.7 cm³/mol. The third kappa shape index (κ3) is 2.10. The van der Waals surface area contributed by atoms with Crippen molar-refractivity contribution in [3.8, 4) is 0 Å². The Hall–Kier alpha value is -2.47.